The molecule has 0 atom stereocenters. The Hall–Kier alpha value is -2.82. The third kappa shape index (κ3) is 2.45. The van der Waals surface area contributed by atoms with E-state index < -0.39 is 0 Å². The van der Waals surface area contributed by atoms with Crippen molar-refractivity contribution in [3.05, 3.63) is 60.0 Å². The minimum atomic E-state index is -0.381. The third-order valence-corrected chi connectivity index (χ3v) is 3.43. The number of carbonyl (C=O) groups is 1. The summed E-state index contributed by atoms with van der Waals surface area (Å²) in [5.74, 6) is -0.381. The highest BCUT2D eigenvalue weighted by Crippen LogP contribution is 2.22. The van der Waals surface area contributed by atoms with Gasteiger partial charge in [-0.25, -0.2) is 4.79 Å². The summed E-state index contributed by atoms with van der Waals surface area (Å²) in [7, 11) is 1.35. The second-order valence-electron chi connectivity index (χ2n) is 4.75. The van der Waals surface area contributed by atoms with Gasteiger partial charge in [0.25, 0.3) is 0 Å². The van der Waals surface area contributed by atoms with Gasteiger partial charge >= 0.3 is 5.97 Å². The molecule has 21 heavy (non-hydrogen) atoms. The monoisotopic (exact) mass is 281 g/mol. The van der Waals surface area contributed by atoms with Crippen LogP contribution in [0.2, 0.25) is 0 Å². The first kappa shape index (κ1) is 13.2. The number of hydrogen-bond acceptors (Lipinski definition) is 4. The molecule has 0 aliphatic heterocycles. The zero-order valence-electron chi connectivity index (χ0n) is 11.6. The average molecular weight is 281 g/mol. The molecule has 2 heterocycles. The highest BCUT2D eigenvalue weighted by molar-refractivity contribution is 5.91. The number of rotatable bonds is 3. The highest BCUT2D eigenvalue weighted by atomic mass is 16.5. The molecule has 1 aromatic carbocycles. The molecule has 3 aromatic rings. The Labute approximate surface area is 122 Å². The second-order valence-corrected chi connectivity index (χ2v) is 4.75. The van der Waals surface area contributed by atoms with E-state index >= 15 is 0 Å². The van der Waals surface area contributed by atoms with E-state index in [1.165, 1.54) is 13.3 Å². The predicted molar refractivity (Wildman–Crippen MR) is 81.0 cm³/mol. The maximum Gasteiger partial charge on any atom is 0.339 e. The Kier molecular flexibility index (Phi) is 3.31. The number of esters is 1. The summed E-state index contributed by atoms with van der Waals surface area (Å²) < 4.78 is 6.73. The summed E-state index contributed by atoms with van der Waals surface area (Å²) in [5, 5.41) is 1.03. The first-order chi connectivity index (χ1) is 10.2. The molecule has 0 unspecified atom stereocenters. The molecule has 0 spiro atoms. The van der Waals surface area contributed by atoms with Crippen LogP contribution in [0.15, 0.2) is 48.8 Å². The van der Waals surface area contributed by atoms with Crippen molar-refractivity contribution in [3.63, 3.8) is 0 Å². The van der Waals surface area contributed by atoms with Crippen LogP contribution in [0.3, 0.4) is 0 Å². The fraction of sp³-hybridized carbons (Fsp3) is 0.125. The first-order valence-electron chi connectivity index (χ1n) is 6.55. The van der Waals surface area contributed by atoms with E-state index in [0.29, 0.717) is 12.1 Å². The van der Waals surface area contributed by atoms with Gasteiger partial charge in [0.15, 0.2) is 0 Å². The maximum atomic E-state index is 11.4. The summed E-state index contributed by atoms with van der Waals surface area (Å²) in [4.78, 5) is 15.7. The Morgan fingerprint density at radius 2 is 2.14 bits per heavy atom. The van der Waals surface area contributed by atoms with Gasteiger partial charge in [0.2, 0.25) is 0 Å². The Morgan fingerprint density at radius 1 is 1.29 bits per heavy atom. The number of ether oxygens (including phenoxy) is 1. The molecule has 3 rings (SSSR count). The van der Waals surface area contributed by atoms with Crippen LogP contribution in [0.4, 0.5) is 5.69 Å². The molecule has 106 valence electrons. The smallest absolute Gasteiger partial charge is 0.339 e. The molecule has 0 fully saturated rings. The third-order valence-electron chi connectivity index (χ3n) is 3.43. The van der Waals surface area contributed by atoms with Crippen LogP contribution in [0.1, 0.15) is 16.1 Å². The summed E-state index contributed by atoms with van der Waals surface area (Å²) in [6.45, 7) is 0.619. The van der Waals surface area contributed by atoms with E-state index in [2.05, 4.69) is 14.3 Å². The molecule has 0 radical (unpaired) electrons. The van der Waals surface area contributed by atoms with Crippen LogP contribution in [0.5, 0.6) is 0 Å². The maximum absolute atomic E-state index is 11.4. The molecule has 0 aliphatic carbocycles. The lowest BCUT2D eigenvalue weighted by atomic mass is 10.2. The van der Waals surface area contributed by atoms with Gasteiger partial charge in [0, 0.05) is 23.5 Å². The molecule has 2 N–H and O–H groups in total. The lowest BCUT2D eigenvalue weighted by Crippen LogP contribution is -2.04. The van der Waals surface area contributed by atoms with E-state index in [1.807, 2.05) is 36.5 Å². The second kappa shape index (κ2) is 5.28. The number of pyridine rings is 1. The lowest BCUT2D eigenvalue weighted by Gasteiger charge is -2.06. The molecule has 0 saturated carbocycles. The number of benzene rings is 1. The van der Waals surface area contributed by atoms with Gasteiger partial charge in [-0.1, -0.05) is 6.07 Å². The molecule has 0 amide bonds. The fourth-order valence-electron chi connectivity index (χ4n) is 2.32. The van der Waals surface area contributed by atoms with Gasteiger partial charge < -0.3 is 15.0 Å². The van der Waals surface area contributed by atoms with Crippen molar-refractivity contribution in [2.75, 3.05) is 12.8 Å². The van der Waals surface area contributed by atoms with Gasteiger partial charge in [0.05, 0.1) is 30.4 Å². The Bertz CT molecular complexity index is 791. The van der Waals surface area contributed by atoms with Crippen LogP contribution in [-0.2, 0) is 11.3 Å². The molecule has 0 aliphatic rings. The number of methoxy groups -OCH3 is 1. The van der Waals surface area contributed by atoms with E-state index in [-0.39, 0.29) is 5.97 Å². The molecule has 0 bridgehead atoms. The Balaban J connectivity index is 1.88. The van der Waals surface area contributed by atoms with Gasteiger partial charge in [-0.3, -0.25) is 4.98 Å². The summed E-state index contributed by atoms with van der Waals surface area (Å²) >= 11 is 0. The van der Waals surface area contributed by atoms with Gasteiger partial charge in [-0.15, -0.1) is 0 Å². The number of nitrogens with two attached hydrogens (primary N) is 1. The van der Waals surface area contributed by atoms with Crippen molar-refractivity contribution >= 4 is 22.6 Å². The van der Waals surface area contributed by atoms with Crippen LogP contribution in [-0.4, -0.2) is 22.6 Å². The number of fused-ring (bicyclic) bond motifs is 1. The van der Waals surface area contributed by atoms with E-state index in [4.69, 9.17) is 5.73 Å². The van der Waals surface area contributed by atoms with Gasteiger partial charge in [-0.2, -0.15) is 0 Å². The number of hydrogen-bond donors (Lipinski definition) is 1. The van der Waals surface area contributed by atoms with Crippen molar-refractivity contribution in [2.24, 2.45) is 0 Å². The molecule has 2 aromatic heterocycles. The van der Waals surface area contributed by atoms with Crippen molar-refractivity contribution in [1.82, 2.24) is 9.55 Å². The first-order valence-corrected chi connectivity index (χ1v) is 6.55. The molecule has 0 saturated heterocycles. The predicted octanol–water partition coefficient (Wildman–Crippen LogP) is 2.45. The van der Waals surface area contributed by atoms with E-state index in [1.54, 1.807) is 6.07 Å². The quantitative estimate of drug-likeness (QED) is 0.591. The number of anilines is 1. The van der Waals surface area contributed by atoms with Crippen LogP contribution in [0, 0.1) is 0 Å². The van der Waals surface area contributed by atoms with E-state index in [9.17, 15) is 4.79 Å². The number of nitrogens with zero attached hydrogens (tertiary/aromatic N) is 2. The van der Waals surface area contributed by atoms with Gasteiger partial charge in [0.1, 0.15) is 0 Å². The summed E-state index contributed by atoms with van der Waals surface area (Å²) in [5.41, 5.74) is 9.09. The van der Waals surface area contributed by atoms with Gasteiger partial charge in [-0.05, 0) is 30.3 Å². The van der Waals surface area contributed by atoms with Crippen LogP contribution in [0.25, 0.3) is 10.9 Å². The lowest BCUT2D eigenvalue weighted by molar-refractivity contribution is 0.0600. The van der Waals surface area contributed by atoms with Crippen molar-refractivity contribution in [3.8, 4) is 0 Å². The zero-order valence-corrected chi connectivity index (χ0v) is 11.6. The van der Waals surface area contributed by atoms with E-state index in [0.717, 1.165) is 22.3 Å². The zero-order chi connectivity index (χ0) is 14.8. The SMILES string of the molecule is COC(=O)c1ccc(Cn2ccc3c(N)cccc32)nc1. The van der Waals surface area contributed by atoms with Crippen molar-refractivity contribution in [2.45, 2.75) is 6.54 Å². The molecular formula is C16H15N3O2. The van der Waals surface area contributed by atoms with Crippen molar-refractivity contribution < 1.29 is 9.53 Å². The van der Waals surface area contributed by atoms with Crippen LogP contribution < -0.4 is 5.73 Å². The van der Waals surface area contributed by atoms with Crippen molar-refractivity contribution in [1.29, 1.82) is 0 Å². The standard InChI is InChI=1S/C16H15N3O2/c1-21-16(20)11-5-6-12(18-9-11)10-19-8-7-13-14(17)3-2-4-15(13)19/h2-9H,10,17H2,1H3. The summed E-state index contributed by atoms with van der Waals surface area (Å²) in [6.07, 6.45) is 3.51. The average Bonchev–Trinajstić information content (AvgIpc) is 2.92. The molecular weight excluding hydrogens is 266 g/mol. The topological polar surface area (TPSA) is 70.1 Å². The number of nitrogen functional groups attached to an aromatic ring is 1. The number of carbonyl (C=O) groups excluding carboxylic acids is 1. The Morgan fingerprint density at radius 3 is 2.86 bits per heavy atom. The molecule has 5 heteroatoms. The molecule has 5 nitrogen and oxygen atoms in total. The largest absolute Gasteiger partial charge is 0.465 e. The minimum Gasteiger partial charge on any atom is -0.465 e. The van der Waals surface area contributed by atoms with Crippen LogP contribution >= 0.6 is 0 Å². The normalized spacial score (nSPS) is 10.7. The number of aromatic nitrogens is 2. The fourth-order valence-corrected chi connectivity index (χ4v) is 2.32. The highest BCUT2D eigenvalue weighted by Gasteiger charge is 2.07. The minimum absolute atomic E-state index is 0.381. The summed E-state index contributed by atoms with van der Waals surface area (Å²) in [6, 6.07) is 11.4.